The first-order chi connectivity index (χ1) is 41.0. The van der Waals surface area contributed by atoms with E-state index in [1.54, 1.807) is 51.1 Å². The van der Waals surface area contributed by atoms with Gasteiger partial charge in [0.2, 0.25) is 5.91 Å². The van der Waals surface area contributed by atoms with Gasteiger partial charge in [-0.3, -0.25) is 9.53 Å². The molecule has 0 aliphatic carbocycles. The van der Waals surface area contributed by atoms with Crippen molar-refractivity contribution < 1.29 is 99.6 Å². The van der Waals surface area contributed by atoms with E-state index in [-0.39, 0.29) is 18.8 Å². The number of nitrogens with one attached hydrogen (secondary N) is 1. The lowest BCUT2D eigenvalue weighted by atomic mass is 9.93. The van der Waals surface area contributed by atoms with Gasteiger partial charge in [0, 0.05) is 60.6 Å². The van der Waals surface area contributed by atoms with E-state index in [1.807, 2.05) is 13.8 Å². The average Bonchev–Trinajstić information content (AvgIpc) is 3.97. The molecule has 0 bridgehead atoms. The van der Waals surface area contributed by atoms with Crippen LogP contribution in [0.5, 0.6) is 0 Å². The van der Waals surface area contributed by atoms with Crippen molar-refractivity contribution in [1.29, 1.82) is 0 Å². The minimum Gasteiger partial charge on any atom is -0.450 e. The summed E-state index contributed by atoms with van der Waals surface area (Å²) in [7, 11) is 1.47. The van der Waals surface area contributed by atoms with Crippen LogP contribution in [0.15, 0.2) is 30.3 Å². The molecule has 21 atom stereocenters. The Morgan fingerprint density at radius 1 is 0.565 bits per heavy atom. The molecule has 1 aromatic carbocycles. The number of benzene rings is 1. The smallest absolute Gasteiger partial charge is 0.338 e. The fourth-order valence-corrected chi connectivity index (χ4v) is 11.5. The lowest BCUT2D eigenvalue weighted by molar-refractivity contribution is -0.425. The van der Waals surface area contributed by atoms with Gasteiger partial charge in [-0.15, -0.1) is 0 Å². The molecular weight excluding hydrogens is 1110 g/mol. The summed E-state index contributed by atoms with van der Waals surface area (Å²) in [5.41, 5.74) is 0.230. The number of rotatable bonds is 35. The van der Waals surface area contributed by atoms with Crippen molar-refractivity contribution in [3.8, 4) is 0 Å². The highest BCUT2D eigenvalue weighted by Crippen LogP contribution is 2.45. The molecule has 0 saturated carbocycles. The van der Waals surface area contributed by atoms with Crippen LogP contribution in [0.3, 0.4) is 0 Å². The number of methoxy groups -OCH3 is 1. The molecule has 488 valence electrons. The van der Waals surface area contributed by atoms with E-state index in [9.17, 15) is 9.59 Å². The Bertz CT molecular complexity index is 2080. The number of carbonyl (C=O) groups is 2. The topological polar surface area (TPSA) is 222 Å². The first kappa shape index (κ1) is 69.9. The van der Waals surface area contributed by atoms with Crippen LogP contribution >= 0.6 is 0 Å². The van der Waals surface area contributed by atoms with Crippen LogP contribution in [0, 0.1) is 0 Å². The number of hydrogen-bond donors (Lipinski definition) is 1. The number of hydrogen-bond acceptors (Lipinski definition) is 21. The van der Waals surface area contributed by atoms with Crippen molar-refractivity contribution in [2.24, 2.45) is 0 Å². The maximum absolute atomic E-state index is 14.9. The van der Waals surface area contributed by atoms with E-state index in [1.165, 1.54) is 14.0 Å². The Kier molecular flexibility index (Phi) is 28.4. The monoisotopic (exact) mass is 1210 g/mol. The van der Waals surface area contributed by atoms with Gasteiger partial charge >= 0.3 is 5.97 Å². The lowest BCUT2D eigenvalue weighted by Gasteiger charge is -2.53. The number of unbranched alkanes of at least 4 members (excludes halogenated alkanes) is 6. The zero-order valence-electron chi connectivity index (χ0n) is 53.1. The Labute approximate surface area is 505 Å². The maximum Gasteiger partial charge on any atom is 0.338 e. The summed E-state index contributed by atoms with van der Waals surface area (Å²) in [5, 5.41) is 2.99. The standard InChI is InChI=1S/C63H105NO21/c1-14-20-31-68-37-43-48(70-33-22-16-3)52(72-35-24-18-5)54(73-36-25-19-6)59(78-43)80-47-40(8)75-60(81-50-45(64-41(9)65)58(67-13)77-44-38-74-62(10,11)82-49(44)50)55(79-57(66)42-29-27-26-28-30-42)53(47)83-63(12)84-56-51(71-34-23-17-4)46(69-32-21-15-2)39(7)76-61(56)85-63/h26-30,39-40,43-56,58-61H,14-25,31-38H2,1-13H3,(H,64,65)/t39?,40?,43?,44?,45-,46-,47-,48+,49+,50?,51?,52?,53?,54?,55-,56?,58+,59+,60-,61+,63?/m0/s1. The Morgan fingerprint density at radius 3 is 1.73 bits per heavy atom. The molecule has 6 aliphatic rings. The minimum absolute atomic E-state index is 0.102. The van der Waals surface area contributed by atoms with Crippen LogP contribution in [0.25, 0.3) is 0 Å². The lowest BCUT2D eigenvalue weighted by Crippen LogP contribution is -2.71. The summed E-state index contributed by atoms with van der Waals surface area (Å²) >= 11 is 0. The summed E-state index contributed by atoms with van der Waals surface area (Å²) in [6, 6.07) is 7.58. The van der Waals surface area contributed by atoms with Gasteiger partial charge < -0.3 is 90.6 Å². The highest BCUT2D eigenvalue weighted by atomic mass is 16.9. The molecule has 1 amide bonds. The van der Waals surface area contributed by atoms with E-state index >= 15 is 0 Å². The largest absolute Gasteiger partial charge is 0.450 e. The van der Waals surface area contributed by atoms with Gasteiger partial charge in [-0.2, -0.15) is 0 Å². The number of esters is 1. The predicted octanol–water partition coefficient (Wildman–Crippen LogP) is 8.44. The zero-order valence-corrected chi connectivity index (χ0v) is 53.1. The highest BCUT2D eigenvalue weighted by Gasteiger charge is 2.63. The molecule has 0 spiro atoms. The van der Waals surface area contributed by atoms with Gasteiger partial charge in [0.25, 0.3) is 5.97 Å². The van der Waals surface area contributed by atoms with E-state index in [4.69, 9.17) is 90.0 Å². The van der Waals surface area contributed by atoms with E-state index in [2.05, 4.69) is 46.9 Å². The molecule has 1 N–H and O–H groups in total. The molecule has 6 heterocycles. The molecule has 1 aromatic rings. The maximum atomic E-state index is 14.9. The van der Waals surface area contributed by atoms with Gasteiger partial charge in [0.15, 0.2) is 37.1 Å². The van der Waals surface area contributed by atoms with Crippen LogP contribution in [0.1, 0.15) is 170 Å². The summed E-state index contributed by atoms with van der Waals surface area (Å²) in [4.78, 5) is 28.1. The fraction of sp³-hybridized carbons (Fsp3) is 0.873. The summed E-state index contributed by atoms with van der Waals surface area (Å²) in [5.74, 6) is -4.18. The molecule has 22 heteroatoms. The number of carbonyl (C=O) groups excluding carboxylic acids is 2. The van der Waals surface area contributed by atoms with Crippen LogP contribution < -0.4 is 5.32 Å². The van der Waals surface area contributed by atoms with Gasteiger partial charge in [-0.25, -0.2) is 4.79 Å². The molecule has 0 aromatic heterocycles. The van der Waals surface area contributed by atoms with E-state index < -0.39 is 146 Å². The third kappa shape index (κ3) is 19.0. The number of amides is 1. The van der Waals surface area contributed by atoms with Gasteiger partial charge in [0.05, 0.1) is 31.0 Å². The molecule has 6 saturated heterocycles. The van der Waals surface area contributed by atoms with Crippen molar-refractivity contribution in [1.82, 2.24) is 5.32 Å². The van der Waals surface area contributed by atoms with Crippen molar-refractivity contribution in [2.75, 3.05) is 60.0 Å². The van der Waals surface area contributed by atoms with Crippen molar-refractivity contribution in [2.45, 2.75) is 295 Å². The van der Waals surface area contributed by atoms with Crippen LogP contribution in [0.2, 0.25) is 0 Å². The van der Waals surface area contributed by atoms with Crippen molar-refractivity contribution in [3.05, 3.63) is 35.9 Å². The van der Waals surface area contributed by atoms with Crippen molar-refractivity contribution in [3.63, 3.8) is 0 Å². The van der Waals surface area contributed by atoms with Gasteiger partial charge in [0.1, 0.15) is 79.3 Å². The van der Waals surface area contributed by atoms with Crippen LogP contribution in [0.4, 0.5) is 0 Å². The van der Waals surface area contributed by atoms with Crippen molar-refractivity contribution >= 4 is 11.9 Å². The molecular formula is C63H105NO21. The molecule has 7 rings (SSSR count). The molecule has 6 fully saturated rings. The fourth-order valence-electron chi connectivity index (χ4n) is 11.5. The molecule has 6 aliphatic heterocycles. The summed E-state index contributed by atoms with van der Waals surface area (Å²) < 4.78 is 128. The second kappa shape index (κ2) is 34.6. The quantitative estimate of drug-likeness (QED) is 0.0497. The summed E-state index contributed by atoms with van der Waals surface area (Å²) in [6.45, 7) is 26.0. The third-order valence-corrected chi connectivity index (χ3v) is 16.1. The van der Waals surface area contributed by atoms with Gasteiger partial charge in [-0.05, 0) is 78.4 Å². The molecule has 85 heavy (non-hydrogen) atoms. The Balaban J connectivity index is 1.36. The normalized spacial score (nSPS) is 37.2. The van der Waals surface area contributed by atoms with E-state index in [0.29, 0.717) is 39.6 Å². The molecule has 22 nitrogen and oxygen atoms in total. The first-order valence-electron chi connectivity index (χ1n) is 32.0. The Hall–Kier alpha value is -2.56. The first-order valence-corrected chi connectivity index (χ1v) is 32.0. The number of fused-ring (bicyclic) bond motifs is 2. The predicted molar refractivity (Wildman–Crippen MR) is 309 cm³/mol. The SMILES string of the molecule is CCCCOCC1O[C@H](O[C@H]2C(C)O[C@@H](OC3[C@@H]4OC(C)(C)OCC4O[C@@H](OC)[C@H]3NC(C)=O)[C@@H](OC(=O)c3ccccc3)C2OC2(C)OC3C(OCCCC)[C@@H](OCCCC)C(C)O[C@@H]3O2)C(OCCCC)C(OCCCC)[C@@H]1OCCCC. The number of ether oxygens (including phenoxy) is 19. The highest BCUT2D eigenvalue weighted by molar-refractivity contribution is 5.89. The summed E-state index contributed by atoms with van der Waals surface area (Å²) in [6.07, 6.45) is -7.37. The van der Waals surface area contributed by atoms with Crippen LogP contribution in [-0.2, 0) is 94.8 Å². The van der Waals surface area contributed by atoms with Crippen LogP contribution in [-0.4, -0.2) is 206 Å². The third-order valence-electron chi connectivity index (χ3n) is 16.1. The molecule has 11 unspecified atom stereocenters. The second-order valence-electron chi connectivity index (χ2n) is 23.7. The van der Waals surface area contributed by atoms with E-state index in [0.717, 1.165) is 77.0 Å². The average molecular weight is 1210 g/mol. The van der Waals surface area contributed by atoms with Gasteiger partial charge in [-0.1, -0.05) is 98.3 Å². The second-order valence-corrected chi connectivity index (χ2v) is 23.7. The Morgan fingerprint density at radius 2 is 1.12 bits per heavy atom. The minimum atomic E-state index is -1.95. The molecule has 0 radical (unpaired) electrons. The zero-order chi connectivity index (χ0) is 61.1.